The lowest BCUT2D eigenvalue weighted by atomic mass is 10.2. The van der Waals surface area contributed by atoms with Crippen LogP contribution in [0.2, 0.25) is 0 Å². The molecule has 0 aliphatic carbocycles. The van der Waals surface area contributed by atoms with Crippen molar-refractivity contribution in [3.8, 4) is 5.75 Å². The summed E-state index contributed by atoms with van der Waals surface area (Å²) in [5, 5.41) is 1.91. The van der Waals surface area contributed by atoms with Crippen molar-refractivity contribution in [1.29, 1.82) is 0 Å². The Balaban J connectivity index is 1.92. The normalized spacial score (nSPS) is 12.9. The van der Waals surface area contributed by atoms with Gasteiger partial charge < -0.3 is 14.8 Å². The number of carbonyl (C=O) groups is 2. The van der Waals surface area contributed by atoms with Gasteiger partial charge in [-0.25, -0.2) is 0 Å². The Kier molecular flexibility index (Phi) is 7.60. The topological polar surface area (TPSA) is 64.6 Å². The van der Waals surface area contributed by atoms with Crippen LogP contribution in [0.5, 0.6) is 5.75 Å². The van der Waals surface area contributed by atoms with E-state index in [1.165, 1.54) is 36.9 Å². The highest BCUT2D eigenvalue weighted by Crippen LogP contribution is 2.26. The highest BCUT2D eigenvalue weighted by Gasteiger charge is 2.23. The minimum Gasteiger partial charge on any atom is -0.452 e. The summed E-state index contributed by atoms with van der Waals surface area (Å²) in [4.78, 5) is 25.3. The Hall–Kier alpha value is -2.61. The van der Waals surface area contributed by atoms with Crippen LogP contribution in [0.25, 0.3) is 0 Å². The van der Waals surface area contributed by atoms with Crippen LogP contribution >= 0.6 is 11.8 Å². The van der Waals surface area contributed by atoms with E-state index >= 15 is 0 Å². The van der Waals surface area contributed by atoms with Gasteiger partial charge in [-0.05, 0) is 38.1 Å². The summed E-state index contributed by atoms with van der Waals surface area (Å²) in [6.07, 6.45) is -1.10. The molecule has 0 fully saturated rings. The summed E-state index contributed by atoms with van der Waals surface area (Å²) < 4.78 is 34.4. The number of benzene rings is 2. The number of esters is 1. The molecular weight excluding hydrogens is 376 g/mol. The maximum absolute atomic E-state index is 12.4. The predicted octanol–water partition coefficient (Wildman–Crippen LogP) is 4.34. The van der Waals surface area contributed by atoms with E-state index in [1.54, 1.807) is 13.0 Å². The van der Waals surface area contributed by atoms with Crippen molar-refractivity contribution in [3.63, 3.8) is 0 Å². The van der Waals surface area contributed by atoms with Crippen molar-refractivity contribution in [2.45, 2.75) is 36.7 Å². The lowest BCUT2D eigenvalue weighted by Gasteiger charge is -2.17. The van der Waals surface area contributed by atoms with Crippen molar-refractivity contribution in [3.05, 3.63) is 54.6 Å². The molecule has 8 heteroatoms. The molecule has 0 spiro atoms. The summed E-state index contributed by atoms with van der Waals surface area (Å²) in [5.41, 5.74) is 0.0670. The number of hydrogen-bond donors (Lipinski definition) is 1. The van der Waals surface area contributed by atoms with Crippen LogP contribution in [0.1, 0.15) is 13.8 Å². The molecule has 0 unspecified atom stereocenters. The lowest BCUT2D eigenvalue weighted by Crippen LogP contribution is -2.32. The van der Waals surface area contributed by atoms with E-state index in [-0.39, 0.29) is 11.4 Å². The van der Waals surface area contributed by atoms with Crippen LogP contribution in [0, 0.1) is 0 Å². The molecule has 1 amide bonds. The second kappa shape index (κ2) is 9.91. The minimum absolute atomic E-state index is 0.0670. The summed E-state index contributed by atoms with van der Waals surface area (Å²) in [6, 6.07) is 15.1. The second-order valence-corrected chi connectivity index (χ2v) is 6.93. The molecule has 0 bridgehead atoms. The summed E-state index contributed by atoms with van der Waals surface area (Å²) in [6.45, 7) is 0.0642. The number of anilines is 1. The van der Waals surface area contributed by atoms with Crippen molar-refractivity contribution >= 4 is 29.3 Å². The van der Waals surface area contributed by atoms with Crippen LogP contribution in [-0.4, -0.2) is 29.8 Å². The third-order valence-electron chi connectivity index (χ3n) is 3.41. The minimum atomic E-state index is -3.02. The number of para-hydroxylation sites is 2. The van der Waals surface area contributed by atoms with E-state index in [4.69, 9.17) is 4.74 Å². The SMILES string of the molecule is C[C@H](Sc1ccccc1)C(=O)O[C@H](C)C(=O)Nc1ccccc1OC(F)F. The van der Waals surface area contributed by atoms with Gasteiger partial charge in [-0.2, -0.15) is 8.78 Å². The number of carbonyl (C=O) groups excluding carboxylic acids is 2. The molecule has 2 aromatic rings. The number of ether oxygens (including phenoxy) is 2. The van der Waals surface area contributed by atoms with Crippen LogP contribution in [0.3, 0.4) is 0 Å². The van der Waals surface area contributed by atoms with Gasteiger partial charge in [-0.1, -0.05) is 30.3 Å². The fraction of sp³-hybridized carbons (Fsp3) is 0.263. The standard InChI is InChI=1S/C19H19F2NO4S/c1-12(25-18(24)13(2)27-14-8-4-3-5-9-14)17(23)22-15-10-6-7-11-16(15)26-19(20)21/h3-13,19H,1-2H3,(H,22,23)/t12-,13+/m1/s1. The van der Waals surface area contributed by atoms with Crippen molar-refractivity contribution in [1.82, 2.24) is 0 Å². The zero-order valence-electron chi connectivity index (χ0n) is 14.7. The molecule has 0 aromatic heterocycles. The fourth-order valence-corrected chi connectivity index (χ4v) is 2.95. The van der Waals surface area contributed by atoms with Crippen molar-refractivity contribution in [2.75, 3.05) is 5.32 Å². The first-order chi connectivity index (χ1) is 12.9. The number of halogens is 2. The molecule has 2 rings (SSSR count). The highest BCUT2D eigenvalue weighted by molar-refractivity contribution is 8.00. The quantitative estimate of drug-likeness (QED) is 0.532. The number of nitrogens with one attached hydrogen (secondary N) is 1. The van der Waals surface area contributed by atoms with E-state index in [2.05, 4.69) is 10.1 Å². The Morgan fingerprint density at radius 1 is 1.00 bits per heavy atom. The third-order valence-corrected chi connectivity index (χ3v) is 4.50. The first kappa shape index (κ1) is 20.7. The molecule has 27 heavy (non-hydrogen) atoms. The van der Waals surface area contributed by atoms with Gasteiger partial charge >= 0.3 is 12.6 Å². The molecule has 0 aliphatic rings. The van der Waals surface area contributed by atoms with Gasteiger partial charge in [0.2, 0.25) is 0 Å². The zero-order valence-corrected chi connectivity index (χ0v) is 15.5. The van der Waals surface area contributed by atoms with E-state index < -0.39 is 29.8 Å². The average molecular weight is 395 g/mol. The van der Waals surface area contributed by atoms with Gasteiger partial charge in [0.15, 0.2) is 6.10 Å². The van der Waals surface area contributed by atoms with Gasteiger partial charge in [0.25, 0.3) is 5.91 Å². The Morgan fingerprint density at radius 2 is 1.63 bits per heavy atom. The average Bonchev–Trinajstić information content (AvgIpc) is 2.63. The number of amides is 1. The van der Waals surface area contributed by atoms with Gasteiger partial charge in [0.05, 0.1) is 5.69 Å². The van der Waals surface area contributed by atoms with Gasteiger partial charge in [0.1, 0.15) is 11.0 Å². The lowest BCUT2D eigenvalue weighted by molar-refractivity contribution is -0.152. The Labute approximate surface area is 160 Å². The van der Waals surface area contributed by atoms with Crippen LogP contribution in [0.15, 0.2) is 59.5 Å². The van der Waals surface area contributed by atoms with Crippen molar-refractivity contribution in [2.24, 2.45) is 0 Å². The van der Waals surface area contributed by atoms with Gasteiger partial charge in [-0.15, -0.1) is 11.8 Å². The molecule has 0 heterocycles. The third kappa shape index (κ3) is 6.56. The largest absolute Gasteiger partial charge is 0.452 e. The second-order valence-electron chi connectivity index (χ2n) is 5.52. The van der Waals surface area contributed by atoms with Crippen LogP contribution in [-0.2, 0) is 14.3 Å². The zero-order chi connectivity index (χ0) is 19.8. The molecule has 0 radical (unpaired) electrons. The molecule has 2 atom stereocenters. The molecule has 1 N–H and O–H groups in total. The van der Waals surface area contributed by atoms with Gasteiger partial charge in [-0.3, -0.25) is 9.59 Å². The summed E-state index contributed by atoms with van der Waals surface area (Å²) in [5.74, 6) is -1.37. The molecule has 0 saturated carbocycles. The number of alkyl halides is 2. The first-order valence-electron chi connectivity index (χ1n) is 8.13. The van der Waals surface area contributed by atoms with E-state index in [0.29, 0.717) is 0 Å². The monoisotopic (exact) mass is 395 g/mol. The first-order valence-corrected chi connectivity index (χ1v) is 9.01. The fourth-order valence-electron chi connectivity index (χ4n) is 2.08. The summed E-state index contributed by atoms with van der Waals surface area (Å²) in [7, 11) is 0. The summed E-state index contributed by atoms with van der Waals surface area (Å²) >= 11 is 1.31. The molecule has 2 aromatic carbocycles. The van der Waals surface area contributed by atoms with E-state index in [9.17, 15) is 18.4 Å². The van der Waals surface area contributed by atoms with Crippen LogP contribution < -0.4 is 10.1 Å². The van der Waals surface area contributed by atoms with Crippen LogP contribution in [0.4, 0.5) is 14.5 Å². The van der Waals surface area contributed by atoms with Crippen molar-refractivity contribution < 1.29 is 27.8 Å². The molecule has 144 valence electrons. The van der Waals surface area contributed by atoms with E-state index in [1.807, 2.05) is 30.3 Å². The number of rotatable bonds is 8. The highest BCUT2D eigenvalue weighted by atomic mass is 32.2. The molecule has 5 nitrogen and oxygen atoms in total. The Bertz CT molecular complexity index is 773. The predicted molar refractivity (Wildman–Crippen MR) is 99.0 cm³/mol. The van der Waals surface area contributed by atoms with E-state index in [0.717, 1.165) is 4.90 Å². The number of hydrogen-bond acceptors (Lipinski definition) is 5. The number of thioether (sulfide) groups is 1. The maximum atomic E-state index is 12.4. The van der Waals surface area contributed by atoms with Gasteiger partial charge in [0, 0.05) is 4.90 Å². The Morgan fingerprint density at radius 3 is 2.30 bits per heavy atom. The smallest absolute Gasteiger partial charge is 0.387 e. The molecule has 0 aliphatic heterocycles. The maximum Gasteiger partial charge on any atom is 0.387 e. The molecule has 0 saturated heterocycles. The molecular formula is C19H19F2NO4S.